The molecule has 0 bridgehead atoms. The van der Waals surface area contributed by atoms with Crippen LogP contribution in [0.3, 0.4) is 0 Å². The third-order valence-electron chi connectivity index (χ3n) is 3.25. The summed E-state index contributed by atoms with van der Waals surface area (Å²) in [5.41, 5.74) is 8.45. The van der Waals surface area contributed by atoms with Crippen LogP contribution in [-0.2, 0) is 22.6 Å². The Kier molecular flexibility index (Phi) is 6.25. The van der Waals surface area contributed by atoms with Gasteiger partial charge in [0.1, 0.15) is 5.01 Å². The van der Waals surface area contributed by atoms with Crippen molar-refractivity contribution in [1.82, 2.24) is 10.3 Å². The number of hydrogen-bond acceptors (Lipinski definition) is 5. The predicted octanol–water partition coefficient (Wildman–Crippen LogP) is 1.79. The Balaban J connectivity index is 1.92. The number of nitrogens with two attached hydrogens (primary N) is 1. The zero-order valence-electron chi connectivity index (χ0n) is 12.6. The number of benzene rings is 1. The Hall–Kier alpha value is -2.25. The first-order chi connectivity index (χ1) is 11.1. The van der Waals surface area contributed by atoms with Crippen molar-refractivity contribution < 1.29 is 14.7 Å². The topological polar surface area (TPSA) is 105 Å². The molecule has 6 nitrogen and oxygen atoms in total. The summed E-state index contributed by atoms with van der Waals surface area (Å²) in [6.07, 6.45) is 0.665. The zero-order valence-corrected chi connectivity index (χ0v) is 13.4. The average molecular weight is 333 g/mol. The van der Waals surface area contributed by atoms with Gasteiger partial charge in [0, 0.05) is 30.5 Å². The highest BCUT2D eigenvalue weighted by Crippen LogP contribution is 2.27. The van der Waals surface area contributed by atoms with Crippen molar-refractivity contribution in [3.63, 3.8) is 0 Å². The average Bonchev–Trinajstić information content (AvgIpc) is 2.99. The normalized spacial score (nSPS) is 10.5. The minimum Gasteiger partial charge on any atom is -0.481 e. The van der Waals surface area contributed by atoms with Crippen LogP contribution in [0.15, 0.2) is 29.6 Å². The van der Waals surface area contributed by atoms with Gasteiger partial charge in [0.25, 0.3) is 0 Å². The van der Waals surface area contributed by atoms with Crippen molar-refractivity contribution in [2.75, 3.05) is 6.54 Å². The number of thiazole rings is 1. The van der Waals surface area contributed by atoms with Gasteiger partial charge < -0.3 is 16.2 Å². The largest absolute Gasteiger partial charge is 0.481 e. The third-order valence-corrected chi connectivity index (χ3v) is 4.18. The number of hydrogen-bond donors (Lipinski definition) is 3. The summed E-state index contributed by atoms with van der Waals surface area (Å²) in [6, 6.07) is 7.80. The molecule has 1 heterocycles. The molecule has 0 aliphatic rings. The van der Waals surface area contributed by atoms with E-state index in [2.05, 4.69) is 10.3 Å². The number of rotatable bonds is 8. The van der Waals surface area contributed by atoms with Gasteiger partial charge in [-0.2, -0.15) is 0 Å². The smallest absolute Gasteiger partial charge is 0.303 e. The molecule has 0 aliphatic carbocycles. The van der Waals surface area contributed by atoms with E-state index in [4.69, 9.17) is 10.8 Å². The van der Waals surface area contributed by atoms with E-state index >= 15 is 0 Å². The van der Waals surface area contributed by atoms with Crippen LogP contribution in [-0.4, -0.2) is 28.5 Å². The Labute approximate surface area is 138 Å². The lowest BCUT2D eigenvalue weighted by atomic mass is 10.1. The van der Waals surface area contributed by atoms with E-state index in [-0.39, 0.29) is 18.7 Å². The second-order valence-electron chi connectivity index (χ2n) is 5.03. The Morgan fingerprint density at radius 3 is 2.83 bits per heavy atom. The standard InChI is InChI=1S/C16H19N3O3S/c17-9-11-4-1-2-5-13(11)16-19-12(10-23-16)8-14(20)18-7-3-6-15(21)22/h1-2,4-5,10H,3,6-9,17H2,(H,18,20)(H,21,22). The first-order valence-corrected chi connectivity index (χ1v) is 8.19. The minimum atomic E-state index is -0.859. The molecule has 1 aromatic carbocycles. The van der Waals surface area contributed by atoms with E-state index in [0.717, 1.165) is 16.1 Å². The van der Waals surface area contributed by atoms with Crippen LogP contribution in [0, 0.1) is 0 Å². The number of amides is 1. The van der Waals surface area contributed by atoms with E-state index in [1.54, 1.807) is 0 Å². The van der Waals surface area contributed by atoms with Gasteiger partial charge in [0.2, 0.25) is 5.91 Å². The highest BCUT2D eigenvalue weighted by molar-refractivity contribution is 7.13. The van der Waals surface area contributed by atoms with Gasteiger partial charge in [0.15, 0.2) is 0 Å². The Morgan fingerprint density at radius 1 is 1.30 bits per heavy atom. The van der Waals surface area contributed by atoms with Crippen LogP contribution in [0.1, 0.15) is 24.1 Å². The molecular weight excluding hydrogens is 314 g/mol. The van der Waals surface area contributed by atoms with E-state index < -0.39 is 5.97 Å². The van der Waals surface area contributed by atoms with Gasteiger partial charge in [-0.25, -0.2) is 4.98 Å². The van der Waals surface area contributed by atoms with Crippen molar-refractivity contribution >= 4 is 23.2 Å². The number of carbonyl (C=O) groups excluding carboxylic acids is 1. The summed E-state index contributed by atoms with van der Waals surface area (Å²) in [5, 5.41) is 13.9. The van der Waals surface area contributed by atoms with Gasteiger partial charge in [-0.05, 0) is 12.0 Å². The number of carbonyl (C=O) groups is 2. The maximum absolute atomic E-state index is 11.8. The van der Waals surface area contributed by atoms with Crippen LogP contribution in [0.25, 0.3) is 10.6 Å². The minimum absolute atomic E-state index is 0.0526. The molecule has 0 fully saturated rings. The van der Waals surface area contributed by atoms with Crippen LogP contribution in [0.4, 0.5) is 0 Å². The van der Waals surface area contributed by atoms with E-state index in [1.165, 1.54) is 11.3 Å². The fourth-order valence-corrected chi connectivity index (χ4v) is 2.99. The summed E-state index contributed by atoms with van der Waals surface area (Å²) in [4.78, 5) is 26.7. The van der Waals surface area contributed by atoms with Crippen molar-refractivity contribution in [2.24, 2.45) is 5.73 Å². The molecule has 0 atom stereocenters. The molecule has 1 aromatic heterocycles. The first-order valence-electron chi connectivity index (χ1n) is 7.31. The molecule has 0 aliphatic heterocycles. The number of nitrogens with zero attached hydrogens (tertiary/aromatic N) is 1. The van der Waals surface area contributed by atoms with Gasteiger partial charge in [-0.1, -0.05) is 24.3 Å². The molecule has 2 aromatic rings. The molecule has 0 radical (unpaired) electrons. The van der Waals surface area contributed by atoms with Crippen molar-refractivity contribution in [3.8, 4) is 10.6 Å². The fourth-order valence-electron chi connectivity index (χ4n) is 2.11. The fraction of sp³-hybridized carbons (Fsp3) is 0.312. The van der Waals surface area contributed by atoms with E-state index in [1.807, 2.05) is 29.6 Å². The zero-order chi connectivity index (χ0) is 16.7. The van der Waals surface area contributed by atoms with Crippen LogP contribution < -0.4 is 11.1 Å². The van der Waals surface area contributed by atoms with Crippen molar-refractivity contribution in [1.29, 1.82) is 0 Å². The Bertz CT molecular complexity index is 685. The summed E-state index contributed by atoms with van der Waals surface area (Å²) in [5.74, 6) is -1.01. The molecule has 1 amide bonds. The van der Waals surface area contributed by atoms with Gasteiger partial charge in [-0.3, -0.25) is 9.59 Å². The maximum Gasteiger partial charge on any atom is 0.303 e. The van der Waals surface area contributed by atoms with Gasteiger partial charge in [-0.15, -0.1) is 11.3 Å². The van der Waals surface area contributed by atoms with Crippen molar-refractivity contribution in [2.45, 2.75) is 25.8 Å². The van der Waals surface area contributed by atoms with Gasteiger partial charge >= 0.3 is 5.97 Å². The predicted molar refractivity (Wildman–Crippen MR) is 89.0 cm³/mol. The summed E-state index contributed by atoms with van der Waals surface area (Å²) >= 11 is 1.48. The number of aromatic nitrogens is 1. The summed E-state index contributed by atoms with van der Waals surface area (Å²) < 4.78 is 0. The highest BCUT2D eigenvalue weighted by Gasteiger charge is 2.11. The highest BCUT2D eigenvalue weighted by atomic mass is 32.1. The molecule has 2 rings (SSSR count). The molecule has 0 saturated heterocycles. The lowest BCUT2D eigenvalue weighted by Crippen LogP contribution is -2.26. The SMILES string of the molecule is NCc1ccccc1-c1nc(CC(=O)NCCCC(=O)O)cs1. The molecule has 122 valence electrons. The monoisotopic (exact) mass is 333 g/mol. The maximum atomic E-state index is 11.8. The summed E-state index contributed by atoms with van der Waals surface area (Å²) in [6.45, 7) is 0.799. The van der Waals surface area contributed by atoms with Gasteiger partial charge in [0.05, 0.1) is 12.1 Å². The molecule has 23 heavy (non-hydrogen) atoms. The summed E-state index contributed by atoms with van der Waals surface area (Å²) in [7, 11) is 0. The number of carboxylic acids is 1. The second kappa shape index (κ2) is 8.40. The molecule has 4 N–H and O–H groups in total. The second-order valence-corrected chi connectivity index (χ2v) is 5.89. The third kappa shape index (κ3) is 5.15. The number of aliphatic carboxylic acids is 1. The molecule has 0 saturated carbocycles. The van der Waals surface area contributed by atoms with Crippen molar-refractivity contribution in [3.05, 3.63) is 40.9 Å². The first kappa shape index (κ1) is 17.1. The Morgan fingerprint density at radius 2 is 2.09 bits per heavy atom. The molecular formula is C16H19N3O3S. The van der Waals surface area contributed by atoms with Crippen LogP contribution >= 0.6 is 11.3 Å². The molecule has 0 unspecified atom stereocenters. The molecule has 0 spiro atoms. The van der Waals surface area contributed by atoms with Crippen LogP contribution in [0.2, 0.25) is 0 Å². The van der Waals surface area contributed by atoms with E-state index in [9.17, 15) is 9.59 Å². The van der Waals surface area contributed by atoms with E-state index in [0.29, 0.717) is 25.2 Å². The molecule has 7 heteroatoms. The number of nitrogens with one attached hydrogen (secondary N) is 1. The lowest BCUT2D eigenvalue weighted by Gasteiger charge is -2.04. The quantitative estimate of drug-likeness (QED) is 0.639. The van der Waals surface area contributed by atoms with Crippen LogP contribution in [0.5, 0.6) is 0 Å². The number of carboxylic acid groups (broad SMARTS) is 1. The lowest BCUT2D eigenvalue weighted by molar-refractivity contribution is -0.137.